The lowest BCUT2D eigenvalue weighted by Gasteiger charge is -2.33. The van der Waals surface area contributed by atoms with E-state index in [4.69, 9.17) is 0 Å². The number of rotatable bonds is 11. The highest BCUT2D eigenvalue weighted by Crippen LogP contribution is 2.55. The van der Waals surface area contributed by atoms with Crippen molar-refractivity contribution in [1.29, 1.82) is 0 Å². The molecule has 0 unspecified atom stereocenters. The SMILES string of the molecule is CCCCCCC1(CCCCCC)c2cc(Br)ccc2-c2ccc(NC(C)=O)cc21. The summed E-state index contributed by atoms with van der Waals surface area (Å²) in [6, 6.07) is 13.3. The molecule has 0 fully saturated rings. The quantitative estimate of drug-likeness (QED) is 0.327. The number of halogens is 1. The Balaban J connectivity index is 2.06. The summed E-state index contributed by atoms with van der Waals surface area (Å²) in [5.41, 5.74) is 6.56. The number of anilines is 1. The maximum absolute atomic E-state index is 11.7. The summed E-state index contributed by atoms with van der Waals surface area (Å²) in [6.07, 6.45) is 12.6. The van der Waals surface area contributed by atoms with E-state index < -0.39 is 0 Å². The third-order valence-electron chi connectivity index (χ3n) is 6.56. The van der Waals surface area contributed by atoms with Gasteiger partial charge in [0.2, 0.25) is 5.91 Å². The predicted molar refractivity (Wildman–Crippen MR) is 132 cm³/mol. The average molecular weight is 470 g/mol. The summed E-state index contributed by atoms with van der Waals surface area (Å²) in [5, 5.41) is 3.02. The Morgan fingerprint density at radius 1 is 0.833 bits per heavy atom. The van der Waals surface area contributed by atoms with Crippen LogP contribution in [0.5, 0.6) is 0 Å². The van der Waals surface area contributed by atoms with Crippen LogP contribution >= 0.6 is 15.9 Å². The molecule has 0 radical (unpaired) electrons. The van der Waals surface area contributed by atoms with Crippen LogP contribution in [0.15, 0.2) is 40.9 Å². The molecule has 1 N–H and O–H groups in total. The standard InChI is InChI=1S/C27H36BrNO/c1-4-6-8-10-16-27(17-11-9-7-5-2)25-18-21(28)12-14-23(25)24-15-13-22(19-26(24)27)29-20(3)30/h12-15,18-19H,4-11,16-17H2,1-3H3,(H,29,30). The molecule has 1 aliphatic rings. The number of hydrogen-bond donors (Lipinski definition) is 1. The van der Waals surface area contributed by atoms with Gasteiger partial charge in [0.25, 0.3) is 0 Å². The Labute approximate surface area is 191 Å². The van der Waals surface area contributed by atoms with Crippen molar-refractivity contribution in [3.8, 4) is 11.1 Å². The van der Waals surface area contributed by atoms with Crippen molar-refractivity contribution in [1.82, 2.24) is 0 Å². The number of hydrogen-bond acceptors (Lipinski definition) is 1. The largest absolute Gasteiger partial charge is 0.326 e. The van der Waals surface area contributed by atoms with Crippen molar-refractivity contribution in [3.05, 3.63) is 52.0 Å². The summed E-state index contributed by atoms with van der Waals surface area (Å²) in [4.78, 5) is 11.7. The summed E-state index contributed by atoms with van der Waals surface area (Å²) in [7, 11) is 0. The second-order valence-corrected chi connectivity index (χ2v) is 9.75. The molecule has 0 saturated heterocycles. The molecule has 0 heterocycles. The van der Waals surface area contributed by atoms with Gasteiger partial charge < -0.3 is 5.32 Å². The first-order valence-electron chi connectivity index (χ1n) is 11.7. The van der Waals surface area contributed by atoms with Gasteiger partial charge in [0.1, 0.15) is 0 Å². The molecule has 30 heavy (non-hydrogen) atoms. The van der Waals surface area contributed by atoms with Gasteiger partial charge in [-0.3, -0.25) is 4.79 Å². The number of amides is 1. The van der Waals surface area contributed by atoms with E-state index in [1.165, 1.54) is 86.5 Å². The second-order valence-electron chi connectivity index (χ2n) is 8.83. The first kappa shape index (κ1) is 23.1. The Morgan fingerprint density at radius 3 is 1.97 bits per heavy atom. The highest BCUT2D eigenvalue weighted by Gasteiger charge is 2.42. The number of fused-ring (bicyclic) bond motifs is 3. The molecular weight excluding hydrogens is 434 g/mol. The van der Waals surface area contributed by atoms with Gasteiger partial charge in [-0.15, -0.1) is 0 Å². The Bertz CT molecular complexity index is 861. The van der Waals surface area contributed by atoms with E-state index in [-0.39, 0.29) is 11.3 Å². The topological polar surface area (TPSA) is 29.1 Å². The van der Waals surface area contributed by atoms with Crippen LogP contribution < -0.4 is 5.32 Å². The molecule has 0 aliphatic heterocycles. The van der Waals surface area contributed by atoms with Crippen LogP contribution in [0, 0.1) is 0 Å². The molecule has 3 rings (SSSR count). The van der Waals surface area contributed by atoms with Crippen molar-refractivity contribution in [3.63, 3.8) is 0 Å². The summed E-state index contributed by atoms with van der Waals surface area (Å²) in [5.74, 6) is -0.00954. The monoisotopic (exact) mass is 469 g/mol. The molecule has 2 nitrogen and oxygen atoms in total. The first-order valence-corrected chi connectivity index (χ1v) is 12.5. The molecule has 0 saturated carbocycles. The van der Waals surface area contributed by atoms with Gasteiger partial charge in [-0.1, -0.05) is 93.3 Å². The highest BCUT2D eigenvalue weighted by molar-refractivity contribution is 9.10. The van der Waals surface area contributed by atoms with E-state index in [0.717, 1.165) is 10.2 Å². The van der Waals surface area contributed by atoms with Gasteiger partial charge in [-0.2, -0.15) is 0 Å². The number of unbranched alkanes of at least 4 members (excludes halogenated alkanes) is 6. The maximum Gasteiger partial charge on any atom is 0.221 e. The van der Waals surface area contributed by atoms with Gasteiger partial charge in [0, 0.05) is 22.5 Å². The molecule has 162 valence electrons. The van der Waals surface area contributed by atoms with Gasteiger partial charge >= 0.3 is 0 Å². The minimum Gasteiger partial charge on any atom is -0.326 e. The minimum atomic E-state index is -0.00954. The fraction of sp³-hybridized carbons (Fsp3) is 0.519. The average Bonchev–Trinajstić information content (AvgIpc) is 2.97. The maximum atomic E-state index is 11.7. The van der Waals surface area contributed by atoms with Crippen LogP contribution in [-0.2, 0) is 10.2 Å². The Hall–Kier alpha value is -1.61. The smallest absolute Gasteiger partial charge is 0.221 e. The molecule has 1 amide bonds. The fourth-order valence-corrected chi connectivity index (χ4v) is 5.48. The zero-order valence-corrected chi connectivity index (χ0v) is 20.4. The minimum absolute atomic E-state index is 0.00954. The Morgan fingerprint density at radius 2 is 1.40 bits per heavy atom. The summed E-state index contributed by atoms with van der Waals surface area (Å²) < 4.78 is 1.16. The van der Waals surface area contributed by atoms with Crippen molar-refractivity contribution >= 4 is 27.5 Å². The zero-order valence-electron chi connectivity index (χ0n) is 18.8. The third-order valence-corrected chi connectivity index (χ3v) is 7.05. The van der Waals surface area contributed by atoms with E-state index in [0.29, 0.717) is 0 Å². The Kier molecular flexibility index (Phi) is 8.16. The molecule has 2 aromatic rings. The van der Waals surface area contributed by atoms with Crippen LogP contribution in [0.2, 0.25) is 0 Å². The van der Waals surface area contributed by atoms with Gasteiger partial charge in [-0.25, -0.2) is 0 Å². The zero-order chi connectivity index (χ0) is 21.6. The molecule has 1 aliphatic carbocycles. The molecular formula is C27H36BrNO. The lowest BCUT2D eigenvalue weighted by Crippen LogP contribution is -2.26. The highest BCUT2D eigenvalue weighted by atomic mass is 79.9. The van der Waals surface area contributed by atoms with Gasteiger partial charge in [-0.05, 0) is 59.4 Å². The number of carbonyl (C=O) groups excluding carboxylic acids is 1. The molecule has 3 heteroatoms. The molecule has 0 atom stereocenters. The number of nitrogens with one attached hydrogen (secondary N) is 1. The van der Waals surface area contributed by atoms with E-state index in [9.17, 15) is 4.79 Å². The fourth-order valence-electron chi connectivity index (χ4n) is 5.12. The lowest BCUT2D eigenvalue weighted by atomic mass is 9.70. The normalized spacial score (nSPS) is 13.7. The van der Waals surface area contributed by atoms with Crippen molar-refractivity contribution in [2.75, 3.05) is 5.32 Å². The molecule has 2 aromatic carbocycles. The third kappa shape index (κ3) is 4.99. The van der Waals surface area contributed by atoms with Crippen LogP contribution in [0.25, 0.3) is 11.1 Å². The van der Waals surface area contributed by atoms with E-state index in [2.05, 4.69) is 71.5 Å². The first-order chi connectivity index (χ1) is 14.5. The number of carbonyl (C=O) groups is 1. The van der Waals surface area contributed by atoms with Crippen LogP contribution in [0.3, 0.4) is 0 Å². The predicted octanol–water partition coefficient (Wildman–Crippen LogP) is 8.61. The molecule has 0 aromatic heterocycles. The van der Waals surface area contributed by atoms with Crippen LogP contribution in [0.4, 0.5) is 5.69 Å². The van der Waals surface area contributed by atoms with E-state index >= 15 is 0 Å². The van der Waals surface area contributed by atoms with E-state index in [1.807, 2.05) is 0 Å². The lowest BCUT2D eigenvalue weighted by molar-refractivity contribution is -0.114. The van der Waals surface area contributed by atoms with Crippen molar-refractivity contribution in [2.24, 2.45) is 0 Å². The summed E-state index contributed by atoms with van der Waals surface area (Å²) >= 11 is 3.74. The van der Waals surface area contributed by atoms with Crippen molar-refractivity contribution < 1.29 is 4.79 Å². The molecule has 0 spiro atoms. The van der Waals surface area contributed by atoms with Crippen molar-refractivity contribution in [2.45, 2.75) is 90.4 Å². The van der Waals surface area contributed by atoms with Crippen LogP contribution in [0.1, 0.15) is 96.1 Å². The van der Waals surface area contributed by atoms with Crippen LogP contribution in [-0.4, -0.2) is 5.91 Å². The van der Waals surface area contributed by atoms with Gasteiger partial charge in [0.15, 0.2) is 0 Å². The summed E-state index contributed by atoms with van der Waals surface area (Å²) in [6.45, 7) is 6.14. The van der Waals surface area contributed by atoms with E-state index in [1.54, 1.807) is 6.92 Å². The molecule has 0 bridgehead atoms. The second kappa shape index (κ2) is 10.6. The van der Waals surface area contributed by atoms with Gasteiger partial charge in [0.05, 0.1) is 0 Å². The number of benzene rings is 2.